The van der Waals surface area contributed by atoms with Crippen LogP contribution in [-0.4, -0.2) is 26.9 Å². The van der Waals surface area contributed by atoms with Crippen molar-refractivity contribution >= 4 is 22.8 Å². The summed E-state index contributed by atoms with van der Waals surface area (Å²) in [6.07, 6.45) is 1.92. The average Bonchev–Trinajstić information content (AvgIpc) is 2.79. The third kappa shape index (κ3) is 4.31. The largest absolute Gasteiger partial charge is 0.505 e. The fourth-order valence-electron chi connectivity index (χ4n) is 3.19. The number of hydrazine groups is 1. The first-order valence-corrected chi connectivity index (χ1v) is 9.56. The van der Waals surface area contributed by atoms with Gasteiger partial charge in [0, 0.05) is 11.8 Å². The molecule has 0 radical (unpaired) electrons. The Kier molecular flexibility index (Phi) is 5.63. The summed E-state index contributed by atoms with van der Waals surface area (Å²) in [6, 6.07) is 15.7. The maximum Gasteiger partial charge on any atom is 0.279 e. The lowest BCUT2D eigenvalue weighted by Crippen LogP contribution is -2.43. The zero-order valence-electron chi connectivity index (χ0n) is 16.6. The van der Waals surface area contributed by atoms with Gasteiger partial charge in [-0.1, -0.05) is 30.3 Å². The third-order valence-corrected chi connectivity index (χ3v) is 4.75. The van der Waals surface area contributed by atoms with E-state index in [0.29, 0.717) is 17.5 Å². The standard InChI is InChI=1S/C23H17FN4O4/c24-16-8-6-13(7-9-16)10-14-11-17-19(25-12-14)20(29)18(22(31)26-17)23(32)28-27-21(30)15-4-2-1-3-5-15/h1-9,11-12H,10H2,(H,27,30)(H,28,32)(H2,26,29,31). The molecule has 0 spiro atoms. The van der Waals surface area contributed by atoms with Crippen LogP contribution < -0.4 is 16.4 Å². The molecule has 0 aliphatic rings. The van der Waals surface area contributed by atoms with Crippen molar-refractivity contribution in [2.24, 2.45) is 0 Å². The van der Waals surface area contributed by atoms with Crippen LogP contribution in [0.1, 0.15) is 31.8 Å². The van der Waals surface area contributed by atoms with Gasteiger partial charge in [0.1, 0.15) is 11.3 Å². The van der Waals surface area contributed by atoms with Gasteiger partial charge in [0.15, 0.2) is 11.3 Å². The summed E-state index contributed by atoms with van der Waals surface area (Å²) >= 11 is 0. The number of carbonyl (C=O) groups is 2. The molecule has 2 heterocycles. The van der Waals surface area contributed by atoms with E-state index in [1.165, 1.54) is 18.3 Å². The highest BCUT2D eigenvalue weighted by Gasteiger charge is 2.21. The lowest BCUT2D eigenvalue weighted by molar-refractivity contribution is 0.0844. The first-order valence-electron chi connectivity index (χ1n) is 9.56. The summed E-state index contributed by atoms with van der Waals surface area (Å²) in [7, 11) is 0. The average molecular weight is 432 g/mol. The van der Waals surface area contributed by atoms with Gasteiger partial charge in [0.25, 0.3) is 17.4 Å². The van der Waals surface area contributed by atoms with Gasteiger partial charge in [-0.2, -0.15) is 0 Å². The molecule has 0 atom stereocenters. The molecule has 2 aromatic carbocycles. The third-order valence-electron chi connectivity index (χ3n) is 4.75. The topological polar surface area (TPSA) is 124 Å². The number of hydrogen-bond acceptors (Lipinski definition) is 5. The van der Waals surface area contributed by atoms with E-state index in [2.05, 4.69) is 20.8 Å². The predicted octanol–water partition coefficient (Wildman–Crippen LogP) is 2.43. The predicted molar refractivity (Wildman–Crippen MR) is 115 cm³/mol. The van der Waals surface area contributed by atoms with Crippen molar-refractivity contribution in [3.63, 3.8) is 0 Å². The molecule has 4 aromatic rings. The zero-order valence-corrected chi connectivity index (χ0v) is 16.6. The van der Waals surface area contributed by atoms with E-state index in [1.54, 1.807) is 48.5 Å². The van der Waals surface area contributed by atoms with Crippen LogP contribution in [0.2, 0.25) is 0 Å². The zero-order chi connectivity index (χ0) is 22.7. The van der Waals surface area contributed by atoms with Gasteiger partial charge in [0.05, 0.1) is 5.52 Å². The number of aromatic hydroxyl groups is 1. The molecule has 8 nitrogen and oxygen atoms in total. The number of carbonyl (C=O) groups excluding carboxylic acids is 2. The van der Waals surface area contributed by atoms with Gasteiger partial charge < -0.3 is 10.1 Å². The van der Waals surface area contributed by atoms with E-state index >= 15 is 0 Å². The minimum Gasteiger partial charge on any atom is -0.505 e. The molecule has 0 saturated carbocycles. The molecule has 0 unspecified atom stereocenters. The van der Waals surface area contributed by atoms with Crippen LogP contribution in [0.5, 0.6) is 5.75 Å². The van der Waals surface area contributed by atoms with Crippen LogP contribution in [0.4, 0.5) is 4.39 Å². The monoisotopic (exact) mass is 432 g/mol. The molecule has 2 amide bonds. The fraction of sp³-hybridized carbons (Fsp3) is 0.0435. The van der Waals surface area contributed by atoms with Gasteiger partial charge >= 0.3 is 0 Å². The molecule has 160 valence electrons. The second-order valence-corrected chi connectivity index (χ2v) is 6.99. The van der Waals surface area contributed by atoms with Crippen LogP contribution in [-0.2, 0) is 6.42 Å². The number of aromatic amines is 1. The van der Waals surface area contributed by atoms with Crippen LogP contribution in [0.25, 0.3) is 11.0 Å². The van der Waals surface area contributed by atoms with Crippen molar-refractivity contribution in [3.05, 3.63) is 105 Å². The van der Waals surface area contributed by atoms with Gasteiger partial charge in [-0.3, -0.25) is 30.2 Å². The van der Waals surface area contributed by atoms with Crippen molar-refractivity contribution in [1.29, 1.82) is 0 Å². The molecule has 32 heavy (non-hydrogen) atoms. The highest BCUT2D eigenvalue weighted by molar-refractivity contribution is 6.03. The molecule has 0 aliphatic carbocycles. The molecule has 0 fully saturated rings. The number of hydrogen-bond donors (Lipinski definition) is 4. The molecule has 4 rings (SSSR count). The lowest BCUT2D eigenvalue weighted by atomic mass is 10.1. The molecule has 9 heteroatoms. The summed E-state index contributed by atoms with van der Waals surface area (Å²) in [4.78, 5) is 43.6. The van der Waals surface area contributed by atoms with Gasteiger partial charge in [0.2, 0.25) is 0 Å². The molecular formula is C23H17FN4O4. The maximum atomic E-state index is 13.1. The first-order chi connectivity index (χ1) is 15.4. The number of rotatable bonds is 4. The van der Waals surface area contributed by atoms with E-state index in [4.69, 9.17) is 0 Å². The van der Waals surface area contributed by atoms with Crippen molar-refractivity contribution in [2.45, 2.75) is 6.42 Å². The van der Waals surface area contributed by atoms with Crippen LogP contribution in [0.15, 0.2) is 71.7 Å². The quantitative estimate of drug-likeness (QED) is 0.369. The SMILES string of the molecule is O=C(NNC(=O)c1c(O)c2ncc(Cc3ccc(F)cc3)cc2[nH]c1=O)c1ccccc1. The van der Waals surface area contributed by atoms with Gasteiger partial charge in [-0.15, -0.1) is 0 Å². The molecule has 0 saturated heterocycles. The van der Waals surface area contributed by atoms with Gasteiger partial charge in [-0.05, 0) is 47.9 Å². The van der Waals surface area contributed by atoms with Crippen LogP contribution >= 0.6 is 0 Å². The Labute approximate surface area is 180 Å². The number of fused-ring (bicyclic) bond motifs is 1. The number of nitrogens with zero attached hydrogens (tertiary/aromatic N) is 1. The summed E-state index contributed by atoms with van der Waals surface area (Å²) in [6.45, 7) is 0. The normalized spacial score (nSPS) is 10.7. The van der Waals surface area contributed by atoms with Crippen molar-refractivity contribution in [3.8, 4) is 5.75 Å². The van der Waals surface area contributed by atoms with Crippen LogP contribution in [0.3, 0.4) is 0 Å². The molecule has 0 aliphatic heterocycles. The van der Waals surface area contributed by atoms with Crippen molar-refractivity contribution in [2.75, 3.05) is 0 Å². The second-order valence-electron chi connectivity index (χ2n) is 6.99. The summed E-state index contributed by atoms with van der Waals surface area (Å²) in [5, 5.41) is 10.5. The lowest BCUT2D eigenvalue weighted by Gasteiger charge is -2.10. The van der Waals surface area contributed by atoms with Crippen molar-refractivity contribution < 1.29 is 19.1 Å². The van der Waals surface area contributed by atoms with Crippen molar-refractivity contribution in [1.82, 2.24) is 20.8 Å². The van der Waals surface area contributed by atoms with E-state index < -0.39 is 28.7 Å². The smallest absolute Gasteiger partial charge is 0.279 e. The minimum absolute atomic E-state index is 0.0204. The highest BCUT2D eigenvalue weighted by Crippen LogP contribution is 2.24. The van der Waals surface area contributed by atoms with Gasteiger partial charge in [-0.25, -0.2) is 4.39 Å². The molecular weight excluding hydrogens is 415 g/mol. The number of nitrogens with one attached hydrogen (secondary N) is 3. The Bertz CT molecular complexity index is 1370. The number of benzene rings is 2. The Balaban J connectivity index is 1.56. The van der Waals surface area contributed by atoms with E-state index in [9.17, 15) is 23.9 Å². The second kappa shape index (κ2) is 8.68. The Hall–Kier alpha value is -4.53. The van der Waals surface area contributed by atoms with E-state index in [-0.39, 0.29) is 16.9 Å². The van der Waals surface area contributed by atoms with Crippen LogP contribution in [0, 0.1) is 5.82 Å². The fourth-order valence-corrected chi connectivity index (χ4v) is 3.19. The molecule has 4 N–H and O–H groups in total. The Morgan fingerprint density at radius 1 is 0.969 bits per heavy atom. The minimum atomic E-state index is -0.993. The van der Waals surface area contributed by atoms with E-state index in [0.717, 1.165) is 5.56 Å². The molecule has 2 aromatic heterocycles. The number of pyridine rings is 2. The summed E-state index contributed by atoms with van der Waals surface area (Å²) in [5.74, 6) is -2.53. The number of halogens is 1. The maximum absolute atomic E-state index is 13.1. The Morgan fingerprint density at radius 2 is 1.66 bits per heavy atom. The number of aromatic nitrogens is 2. The number of amides is 2. The first kappa shape index (κ1) is 20.7. The summed E-state index contributed by atoms with van der Waals surface area (Å²) in [5.41, 5.74) is 4.99. The Morgan fingerprint density at radius 3 is 2.38 bits per heavy atom. The number of H-pyrrole nitrogens is 1. The highest BCUT2D eigenvalue weighted by atomic mass is 19.1. The molecule has 0 bridgehead atoms. The summed E-state index contributed by atoms with van der Waals surface area (Å²) < 4.78 is 13.1. The van der Waals surface area contributed by atoms with E-state index in [1.807, 2.05) is 0 Å².